The zero-order valence-electron chi connectivity index (χ0n) is 23.7. The van der Waals surface area contributed by atoms with Crippen LogP contribution >= 0.6 is 0 Å². The lowest BCUT2D eigenvalue weighted by Gasteiger charge is -2.26. The predicted octanol–water partition coefficient (Wildman–Crippen LogP) is 11.9. The summed E-state index contributed by atoms with van der Waals surface area (Å²) in [4.78, 5) is 0. The zero-order valence-corrected chi connectivity index (χ0v) is 23.7. The topological polar surface area (TPSA) is 0 Å². The molecule has 0 nitrogen and oxygen atoms in total. The van der Waals surface area contributed by atoms with Gasteiger partial charge < -0.3 is 0 Å². The van der Waals surface area contributed by atoms with Crippen molar-refractivity contribution in [1.82, 2.24) is 0 Å². The SMILES string of the molecule is C1=CC(c2c3ccccc3c(-c3ccccc3)c3c(C4=CCCC=C4)c4ccccc4c(-c4ccccc4)c23)=CCC1. The molecule has 8 rings (SSSR count). The quantitative estimate of drug-likeness (QED) is 0.197. The normalized spacial score (nSPS) is 14.9. The van der Waals surface area contributed by atoms with Crippen LogP contribution in [0.3, 0.4) is 0 Å². The van der Waals surface area contributed by atoms with E-state index in [1.54, 1.807) is 0 Å². The van der Waals surface area contributed by atoms with Gasteiger partial charge in [-0.3, -0.25) is 0 Å². The minimum absolute atomic E-state index is 1.07. The van der Waals surface area contributed by atoms with Crippen LogP contribution < -0.4 is 0 Å². The molecule has 2 aliphatic carbocycles. The second kappa shape index (κ2) is 10.5. The van der Waals surface area contributed by atoms with Gasteiger partial charge in [-0.1, -0.05) is 146 Å². The monoisotopic (exact) mass is 536 g/mol. The fourth-order valence-electron chi connectivity index (χ4n) is 7.13. The molecule has 200 valence electrons. The van der Waals surface area contributed by atoms with E-state index >= 15 is 0 Å². The van der Waals surface area contributed by atoms with Crippen molar-refractivity contribution >= 4 is 43.5 Å². The number of hydrogen-bond acceptors (Lipinski definition) is 0. The van der Waals surface area contributed by atoms with Crippen molar-refractivity contribution in [2.45, 2.75) is 25.7 Å². The number of allylic oxidation sites excluding steroid dienone is 8. The highest BCUT2D eigenvalue weighted by molar-refractivity contribution is 6.31. The van der Waals surface area contributed by atoms with E-state index in [0.717, 1.165) is 25.7 Å². The van der Waals surface area contributed by atoms with Gasteiger partial charge in [-0.05, 0) is 103 Å². The van der Waals surface area contributed by atoms with E-state index in [-0.39, 0.29) is 0 Å². The number of benzene rings is 6. The van der Waals surface area contributed by atoms with Crippen LogP contribution in [0.2, 0.25) is 0 Å². The van der Waals surface area contributed by atoms with E-state index in [9.17, 15) is 0 Å². The molecule has 0 amide bonds. The first kappa shape index (κ1) is 24.8. The van der Waals surface area contributed by atoms with Gasteiger partial charge in [-0.2, -0.15) is 0 Å². The summed E-state index contributed by atoms with van der Waals surface area (Å²) in [6, 6.07) is 40.2. The average Bonchev–Trinajstić information content (AvgIpc) is 3.07. The maximum absolute atomic E-state index is 2.45. The van der Waals surface area contributed by atoms with Crippen LogP contribution in [0, 0.1) is 0 Å². The molecule has 0 aromatic heterocycles. The van der Waals surface area contributed by atoms with Crippen LogP contribution in [0.4, 0.5) is 0 Å². The fourth-order valence-corrected chi connectivity index (χ4v) is 7.13. The minimum Gasteiger partial charge on any atom is -0.0836 e. The third-order valence-corrected chi connectivity index (χ3v) is 8.87. The number of rotatable bonds is 4. The first-order valence-corrected chi connectivity index (χ1v) is 15.2. The van der Waals surface area contributed by atoms with Crippen molar-refractivity contribution < 1.29 is 0 Å². The highest BCUT2D eigenvalue weighted by atomic mass is 14.3. The predicted molar refractivity (Wildman–Crippen MR) is 183 cm³/mol. The zero-order chi connectivity index (χ0) is 27.9. The van der Waals surface area contributed by atoms with Gasteiger partial charge >= 0.3 is 0 Å². The molecule has 42 heavy (non-hydrogen) atoms. The summed E-state index contributed by atoms with van der Waals surface area (Å²) in [6.45, 7) is 0. The molecule has 0 fully saturated rings. The summed E-state index contributed by atoms with van der Waals surface area (Å²) in [6.07, 6.45) is 18.6. The summed E-state index contributed by atoms with van der Waals surface area (Å²) >= 11 is 0. The van der Waals surface area contributed by atoms with Gasteiger partial charge in [0, 0.05) is 0 Å². The summed E-state index contributed by atoms with van der Waals surface area (Å²) in [5, 5.41) is 7.95. The van der Waals surface area contributed by atoms with Crippen molar-refractivity contribution in [3.8, 4) is 22.3 Å². The Morgan fingerprint density at radius 3 is 1.05 bits per heavy atom. The average molecular weight is 537 g/mol. The molecule has 0 unspecified atom stereocenters. The van der Waals surface area contributed by atoms with E-state index < -0.39 is 0 Å². The Hall–Kier alpha value is -4.94. The van der Waals surface area contributed by atoms with Crippen LogP contribution in [0.15, 0.2) is 146 Å². The molecule has 0 bridgehead atoms. The van der Waals surface area contributed by atoms with Gasteiger partial charge in [0.25, 0.3) is 0 Å². The fraction of sp³-hybridized carbons (Fsp3) is 0.0952. The Morgan fingerprint density at radius 1 is 0.333 bits per heavy atom. The molecule has 0 N–H and O–H groups in total. The van der Waals surface area contributed by atoms with Gasteiger partial charge in [-0.15, -0.1) is 0 Å². The molecule has 0 spiro atoms. The highest BCUT2D eigenvalue weighted by Crippen LogP contribution is 2.52. The van der Waals surface area contributed by atoms with Crippen LogP contribution in [0.1, 0.15) is 36.8 Å². The van der Waals surface area contributed by atoms with Gasteiger partial charge in [0.15, 0.2) is 0 Å². The first-order valence-electron chi connectivity index (χ1n) is 15.2. The molecular weight excluding hydrogens is 504 g/mol. The van der Waals surface area contributed by atoms with E-state index in [1.165, 1.54) is 76.8 Å². The number of fused-ring (bicyclic) bond motifs is 3. The lowest BCUT2D eigenvalue weighted by atomic mass is 9.76. The molecule has 0 saturated carbocycles. The van der Waals surface area contributed by atoms with Gasteiger partial charge in [-0.25, -0.2) is 0 Å². The van der Waals surface area contributed by atoms with Crippen molar-refractivity contribution in [1.29, 1.82) is 0 Å². The van der Waals surface area contributed by atoms with Gasteiger partial charge in [0.05, 0.1) is 0 Å². The lowest BCUT2D eigenvalue weighted by Crippen LogP contribution is -2.01. The Morgan fingerprint density at radius 2 is 0.690 bits per heavy atom. The van der Waals surface area contributed by atoms with E-state index in [1.807, 2.05) is 0 Å². The maximum Gasteiger partial charge on any atom is -0.000151 e. The number of hydrogen-bond donors (Lipinski definition) is 0. The van der Waals surface area contributed by atoms with Crippen LogP contribution in [-0.2, 0) is 0 Å². The van der Waals surface area contributed by atoms with Crippen molar-refractivity contribution in [2.75, 3.05) is 0 Å². The van der Waals surface area contributed by atoms with Crippen LogP contribution in [0.5, 0.6) is 0 Å². The molecule has 6 aromatic rings. The summed E-state index contributed by atoms with van der Waals surface area (Å²) < 4.78 is 0. The molecule has 0 radical (unpaired) electrons. The van der Waals surface area contributed by atoms with Gasteiger partial charge in [0.2, 0.25) is 0 Å². The molecule has 0 heteroatoms. The molecule has 0 heterocycles. The molecule has 0 saturated heterocycles. The third kappa shape index (κ3) is 3.98. The third-order valence-electron chi connectivity index (χ3n) is 8.87. The standard InChI is InChI=1S/C42H32/c1-5-17-29(18-6-1)37-33-25-13-14-26-34(33)39(31-21-9-3-10-22-31)42-40(32-23-11-4-12-24-32)36-28-16-15-27-35(36)38(41(37)42)30-19-7-2-8-20-30/h1,4-7,9,11-28H,2-3,8,10H2. The Kier molecular flexibility index (Phi) is 6.19. The molecule has 0 atom stereocenters. The molecule has 6 aromatic carbocycles. The Labute approximate surface area is 247 Å². The second-order valence-electron chi connectivity index (χ2n) is 11.4. The molecular formula is C42H32. The summed E-state index contributed by atoms with van der Waals surface area (Å²) in [5.41, 5.74) is 10.5. The van der Waals surface area contributed by atoms with E-state index in [0.29, 0.717) is 0 Å². The smallest absolute Gasteiger partial charge is 0.000151 e. The van der Waals surface area contributed by atoms with Crippen molar-refractivity contribution in [3.63, 3.8) is 0 Å². The van der Waals surface area contributed by atoms with Crippen molar-refractivity contribution in [3.05, 3.63) is 157 Å². The van der Waals surface area contributed by atoms with Crippen LogP contribution in [-0.4, -0.2) is 0 Å². The maximum atomic E-state index is 2.45. The first-order chi connectivity index (χ1) is 20.9. The largest absolute Gasteiger partial charge is 0.0836 e. The lowest BCUT2D eigenvalue weighted by molar-refractivity contribution is 1.04. The van der Waals surface area contributed by atoms with E-state index in [2.05, 4.69) is 146 Å². The Bertz CT molecular complexity index is 1950. The second-order valence-corrected chi connectivity index (χ2v) is 11.4. The molecule has 2 aliphatic rings. The van der Waals surface area contributed by atoms with E-state index in [4.69, 9.17) is 0 Å². The summed E-state index contributed by atoms with van der Waals surface area (Å²) in [7, 11) is 0. The highest BCUT2D eigenvalue weighted by Gasteiger charge is 2.26. The summed E-state index contributed by atoms with van der Waals surface area (Å²) in [5.74, 6) is 0. The van der Waals surface area contributed by atoms with Crippen molar-refractivity contribution in [2.24, 2.45) is 0 Å². The minimum atomic E-state index is 1.07. The van der Waals surface area contributed by atoms with Crippen LogP contribution in [0.25, 0.3) is 65.7 Å². The van der Waals surface area contributed by atoms with Gasteiger partial charge in [0.1, 0.15) is 0 Å². The molecule has 0 aliphatic heterocycles. The Balaban J connectivity index is 1.74.